The topological polar surface area (TPSA) is 36.9 Å². The predicted octanol–water partition coefficient (Wildman–Crippen LogP) is 28.7. The Balaban J connectivity index is 0.828. The molecule has 12 heteroatoms. The molecule has 16 rings (SSSR count). The fourth-order valence-corrected chi connectivity index (χ4v) is 36.3. The fraction of sp³-hybridized carbons (Fsp3) is 0.143. The van der Waals surface area contributed by atoms with Gasteiger partial charge in [-0.3, -0.25) is 0 Å². The second kappa shape index (κ2) is 42.0. The van der Waals surface area contributed by atoms with E-state index in [0.29, 0.717) is 55.9 Å². The van der Waals surface area contributed by atoms with Gasteiger partial charge in [-0.1, -0.05) is 435 Å². The molecule has 618 valence electrons. The van der Waals surface area contributed by atoms with E-state index in [1.807, 2.05) is 0 Å². The maximum Gasteiger partial charge on any atom is 0.264 e. The lowest BCUT2D eigenvalue weighted by molar-refractivity contribution is 0.521. The molecule has 124 heavy (non-hydrogen) atoms. The van der Waals surface area contributed by atoms with Crippen molar-refractivity contribution in [1.82, 2.24) is 0 Å². The van der Waals surface area contributed by atoms with Crippen molar-refractivity contribution in [3.63, 3.8) is 0 Å². The Morgan fingerprint density at radius 1 is 0.161 bits per heavy atom. The summed E-state index contributed by atoms with van der Waals surface area (Å²) in [4.78, 5) is 0. The standard InChI is InChI=1S/C112H102Cl4O4Si4/c113-105-71-99(61-67-109(105)117-121(75-87-37-13-1-14-38-87,76-88-39-15-2-16-40-88)77-89-41-17-3-18-42-89)103(100-62-68-110(106(114)72-100)118-122(78-90-43-19-4-20-44-90,79-91-45-21-5-22-46-91)80-92-47-23-6-24-48-92)65-66-104(101-63-69-111(107(115)73-101)119-123(81-93-49-25-7-26-50-93,82-94-51-27-8-28-52-94)83-95-53-29-9-30-54-95)102-64-70-112(108(116)74-102)120-124(84-96-55-31-10-32-56-96,85-97-57-33-11-34-58-97)86-98-59-35-12-36-60-98/h1-64,67-74,103-104H,65-66,75-86H2. The number of halogens is 4. The molecule has 0 heterocycles. The van der Waals surface area contributed by atoms with Crippen LogP contribution in [0.25, 0.3) is 0 Å². The van der Waals surface area contributed by atoms with E-state index in [0.717, 1.165) is 94.8 Å². The Morgan fingerprint density at radius 2 is 0.282 bits per heavy atom. The van der Waals surface area contributed by atoms with E-state index in [1.54, 1.807) is 0 Å². The molecule has 0 unspecified atom stereocenters. The van der Waals surface area contributed by atoms with Crippen molar-refractivity contribution in [3.05, 3.63) is 546 Å². The summed E-state index contributed by atoms with van der Waals surface area (Å²) in [7, 11) is -11.6. The summed E-state index contributed by atoms with van der Waals surface area (Å²) < 4.78 is 31.3. The molecule has 0 fully saturated rings. The first kappa shape index (κ1) is 86.3. The van der Waals surface area contributed by atoms with Crippen LogP contribution in [0, 0.1) is 0 Å². The van der Waals surface area contributed by atoms with Crippen molar-refractivity contribution >= 4 is 79.7 Å². The highest BCUT2D eigenvalue weighted by Crippen LogP contribution is 2.46. The zero-order chi connectivity index (χ0) is 84.7. The molecule has 0 radical (unpaired) electrons. The first-order valence-electron chi connectivity index (χ1n) is 43.2. The molecule has 0 spiro atoms. The average Bonchev–Trinajstić information content (AvgIpc) is 0.788. The molecule has 16 aromatic carbocycles. The van der Waals surface area contributed by atoms with Gasteiger partial charge >= 0.3 is 0 Å². The second-order valence-electron chi connectivity index (χ2n) is 33.5. The van der Waals surface area contributed by atoms with E-state index in [2.05, 4.69) is 437 Å². The van der Waals surface area contributed by atoms with Crippen LogP contribution in [0.2, 0.25) is 20.1 Å². The predicted molar refractivity (Wildman–Crippen MR) is 526 cm³/mol. The summed E-state index contributed by atoms with van der Waals surface area (Å²) in [5.74, 6) is 2.09. The van der Waals surface area contributed by atoms with Crippen LogP contribution in [0.15, 0.2) is 437 Å². The highest BCUT2D eigenvalue weighted by atomic mass is 35.5. The molecule has 0 aromatic heterocycles. The molecule has 0 bridgehead atoms. The van der Waals surface area contributed by atoms with Gasteiger partial charge in [-0.05, 0) is 150 Å². The van der Waals surface area contributed by atoms with Crippen LogP contribution in [0.4, 0.5) is 0 Å². The van der Waals surface area contributed by atoms with Crippen molar-refractivity contribution in [1.29, 1.82) is 0 Å². The van der Waals surface area contributed by atoms with Crippen LogP contribution in [-0.2, 0) is 72.5 Å². The molecule has 0 aliphatic heterocycles. The monoisotopic (exact) mass is 1760 g/mol. The van der Waals surface area contributed by atoms with Crippen LogP contribution in [0.1, 0.15) is 114 Å². The van der Waals surface area contributed by atoms with Gasteiger partial charge in [0.15, 0.2) is 0 Å². The zero-order valence-electron chi connectivity index (χ0n) is 69.8. The first-order valence-corrected chi connectivity index (χ1v) is 54.9. The Hall–Kier alpha value is -11.3. The maximum atomic E-state index is 7.99. The van der Waals surface area contributed by atoms with Gasteiger partial charge in [0.2, 0.25) is 0 Å². The van der Waals surface area contributed by atoms with E-state index in [9.17, 15) is 0 Å². The van der Waals surface area contributed by atoms with E-state index in [1.165, 1.54) is 66.8 Å². The smallest absolute Gasteiger partial charge is 0.264 e. The molecule has 0 aliphatic carbocycles. The quantitative estimate of drug-likeness (QED) is 0.0360. The zero-order valence-corrected chi connectivity index (χ0v) is 76.8. The summed E-state index contributed by atoms with van der Waals surface area (Å²) >= 11 is 32.0. The molecule has 4 nitrogen and oxygen atoms in total. The molecule has 0 N–H and O–H groups in total. The van der Waals surface area contributed by atoms with Gasteiger partial charge < -0.3 is 17.7 Å². The van der Waals surface area contributed by atoms with Gasteiger partial charge in [-0.2, -0.15) is 0 Å². The summed E-state index contributed by atoms with van der Waals surface area (Å²) in [6.07, 6.45) is 1.24. The Kier molecular flexibility index (Phi) is 29.2. The van der Waals surface area contributed by atoms with Crippen LogP contribution in [0.5, 0.6) is 23.0 Å². The molecule has 0 aliphatic rings. The van der Waals surface area contributed by atoms with E-state index >= 15 is 0 Å². The minimum Gasteiger partial charge on any atom is -0.541 e. The van der Waals surface area contributed by atoms with Crippen molar-refractivity contribution in [2.24, 2.45) is 0 Å². The van der Waals surface area contributed by atoms with E-state index in [-0.39, 0.29) is 11.8 Å². The third-order valence-corrected chi connectivity index (χ3v) is 40.3. The van der Waals surface area contributed by atoms with Gasteiger partial charge in [-0.25, -0.2) is 0 Å². The Morgan fingerprint density at radius 3 is 0.395 bits per heavy atom. The van der Waals surface area contributed by atoms with Crippen LogP contribution in [-0.4, -0.2) is 33.3 Å². The molecular formula is C112H102Cl4O4Si4. The first-order chi connectivity index (χ1) is 60.8. The summed E-state index contributed by atoms with van der Waals surface area (Å²) in [5, 5.41) is 2.16. The van der Waals surface area contributed by atoms with Gasteiger partial charge in [0.05, 0.1) is 20.1 Å². The normalized spacial score (nSPS) is 11.8. The number of rotatable bonds is 39. The second-order valence-corrected chi connectivity index (χ2v) is 49.7. The van der Waals surface area contributed by atoms with Gasteiger partial charge in [-0.15, -0.1) is 0 Å². The summed E-state index contributed by atoms with van der Waals surface area (Å²) in [6.45, 7) is 0. The van der Waals surface area contributed by atoms with Crippen LogP contribution >= 0.6 is 46.4 Å². The number of benzene rings is 16. The third-order valence-electron chi connectivity index (χ3n) is 23.9. The van der Waals surface area contributed by atoms with Crippen LogP contribution < -0.4 is 17.7 Å². The highest BCUT2D eigenvalue weighted by Gasteiger charge is 2.44. The maximum absolute atomic E-state index is 7.99. The van der Waals surface area contributed by atoms with Crippen LogP contribution in [0.3, 0.4) is 0 Å². The lowest BCUT2D eigenvalue weighted by atomic mass is 9.81. The molecule has 0 atom stereocenters. The number of hydrogen-bond acceptors (Lipinski definition) is 4. The average molecular weight is 1770 g/mol. The minimum absolute atomic E-state index is 0.280. The molecular weight excluding hydrogens is 1660 g/mol. The van der Waals surface area contributed by atoms with Crippen molar-refractivity contribution in [3.8, 4) is 23.0 Å². The third kappa shape index (κ3) is 23.6. The van der Waals surface area contributed by atoms with Gasteiger partial charge in [0.25, 0.3) is 33.3 Å². The summed E-state index contributed by atoms with van der Waals surface area (Å²) in [6, 6.07) is 165. The molecule has 16 aromatic rings. The van der Waals surface area contributed by atoms with Crippen molar-refractivity contribution in [2.45, 2.75) is 97.2 Å². The largest absolute Gasteiger partial charge is 0.541 e. The van der Waals surface area contributed by atoms with Gasteiger partial charge in [0.1, 0.15) is 23.0 Å². The van der Waals surface area contributed by atoms with E-state index in [4.69, 9.17) is 64.1 Å². The lowest BCUT2D eigenvalue weighted by Crippen LogP contribution is -2.50. The molecule has 0 saturated carbocycles. The number of hydrogen-bond donors (Lipinski definition) is 0. The lowest BCUT2D eigenvalue weighted by Gasteiger charge is -2.34. The van der Waals surface area contributed by atoms with Gasteiger partial charge in [0, 0.05) is 84.4 Å². The van der Waals surface area contributed by atoms with E-state index < -0.39 is 33.3 Å². The fourth-order valence-electron chi connectivity index (χ4n) is 18.4. The summed E-state index contributed by atoms with van der Waals surface area (Å²) in [5.41, 5.74) is 18.8. The SMILES string of the molecule is Clc1cc(C(CCC(c2ccc(O[Si](Cc3ccccc3)(Cc3ccccc3)Cc3ccccc3)c(Cl)c2)c2ccc(O[Si](Cc3ccccc3)(Cc3ccccc3)Cc3ccccc3)c(Cl)c2)c2ccc(O[Si](Cc3ccccc3)(Cc3ccccc3)Cc3ccccc3)c(Cl)c2)ccc1O[Si](Cc1ccccc1)(Cc1ccccc1)Cc1ccccc1. The Bertz CT molecular complexity index is 4860. The van der Waals surface area contributed by atoms with Crippen molar-refractivity contribution in [2.75, 3.05) is 0 Å². The highest BCUT2D eigenvalue weighted by molar-refractivity contribution is 6.74. The minimum atomic E-state index is -2.91. The molecule has 0 amide bonds. The molecule has 0 saturated heterocycles. The Labute approximate surface area is 757 Å². The van der Waals surface area contributed by atoms with Crippen molar-refractivity contribution < 1.29 is 17.7 Å².